The number of ether oxygens (including phenoxy) is 2. The molecule has 0 radical (unpaired) electrons. The summed E-state index contributed by atoms with van der Waals surface area (Å²) in [6.45, 7) is 1.94. The smallest absolute Gasteiger partial charge is 0.146 e. The number of nitriles is 1. The molecule has 108 valence electrons. The Morgan fingerprint density at radius 2 is 1.76 bits per heavy atom. The Labute approximate surface area is 128 Å². The van der Waals surface area contributed by atoms with Crippen molar-refractivity contribution < 1.29 is 9.47 Å². The van der Waals surface area contributed by atoms with Crippen LogP contribution < -0.4 is 14.8 Å². The summed E-state index contributed by atoms with van der Waals surface area (Å²) in [5, 5.41) is 12.9. The third kappa shape index (κ3) is 3.21. The van der Waals surface area contributed by atoms with Crippen LogP contribution in [-0.4, -0.2) is 14.2 Å². The Morgan fingerprint density at radius 3 is 2.38 bits per heavy atom. The molecule has 0 atom stereocenters. The van der Waals surface area contributed by atoms with Crippen LogP contribution in [0.5, 0.6) is 11.5 Å². The average molecular weight is 303 g/mol. The zero-order chi connectivity index (χ0) is 15.4. The summed E-state index contributed by atoms with van der Waals surface area (Å²) >= 11 is 6.14. The molecular formula is C16H15ClN2O2. The SMILES string of the molecule is COc1cc(OC)c(Nc2ccc(C)cc2C#N)cc1Cl. The van der Waals surface area contributed by atoms with Crippen LogP contribution >= 0.6 is 11.6 Å². The van der Waals surface area contributed by atoms with E-state index in [4.69, 9.17) is 21.1 Å². The van der Waals surface area contributed by atoms with E-state index >= 15 is 0 Å². The second-order valence-corrected chi connectivity index (χ2v) is 4.88. The van der Waals surface area contributed by atoms with Crippen molar-refractivity contribution in [2.24, 2.45) is 0 Å². The summed E-state index contributed by atoms with van der Waals surface area (Å²) < 4.78 is 10.5. The van der Waals surface area contributed by atoms with Crippen molar-refractivity contribution in [3.05, 3.63) is 46.5 Å². The minimum absolute atomic E-state index is 0.464. The molecule has 2 rings (SSSR count). The summed E-state index contributed by atoms with van der Waals surface area (Å²) in [7, 11) is 3.11. The second-order valence-electron chi connectivity index (χ2n) is 4.47. The molecule has 0 spiro atoms. The highest BCUT2D eigenvalue weighted by Crippen LogP contribution is 2.37. The monoisotopic (exact) mass is 302 g/mol. The molecule has 0 saturated heterocycles. The maximum absolute atomic E-state index is 9.22. The van der Waals surface area contributed by atoms with E-state index in [9.17, 15) is 5.26 Å². The van der Waals surface area contributed by atoms with Crippen LogP contribution in [0.25, 0.3) is 0 Å². The van der Waals surface area contributed by atoms with E-state index < -0.39 is 0 Å². The molecule has 1 N–H and O–H groups in total. The van der Waals surface area contributed by atoms with E-state index in [1.807, 2.05) is 25.1 Å². The normalized spacial score (nSPS) is 9.86. The molecule has 0 saturated carbocycles. The van der Waals surface area contributed by atoms with Gasteiger partial charge in [-0.2, -0.15) is 5.26 Å². The molecule has 0 bridgehead atoms. The van der Waals surface area contributed by atoms with Gasteiger partial charge in [-0.3, -0.25) is 0 Å². The van der Waals surface area contributed by atoms with E-state index in [0.717, 1.165) is 5.56 Å². The number of nitrogens with zero attached hydrogens (tertiary/aromatic N) is 1. The van der Waals surface area contributed by atoms with Crippen molar-refractivity contribution in [2.75, 3.05) is 19.5 Å². The summed E-state index contributed by atoms with van der Waals surface area (Å²) in [5.41, 5.74) is 2.95. The maximum Gasteiger partial charge on any atom is 0.146 e. The Bertz CT molecular complexity index is 708. The molecule has 0 aliphatic rings. The minimum atomic E-state index is 0.464. The van der Waals surface area contributed by atoms with Crippen LogP contribution in [0.2, 0.25) is 5.02 Å². The van der Waals surface area contributed by atoms with Crippen molar-refractivity contribution in [1.82, 2.24) is 0 Å². The lowest BCUT2D eigenvalue weighted by Crippen LogP contribution is -1.98. The van der Waals surface area contributed by atoms with Crippen LogP contribution in [0, 0.1) is 18.3 Å². The standard InChI is InChI=1S/C16H15ClN2O2/c1-10-4-5-13(11(6-10)9-18)19-14-7-12(17)15(20-2)8-16(14)21-3/h4-8,19H,1-3H3. The number of anilines is 2. The molecule has 0 amide bonds. The van der Waals surface area contributed by atoms with Gasteiger partial charge in [-0.1, -0.05) is 17.7 Å². The Kier molecular flexibility index (Phi) is 4.56. The van der Waals surface area contributed by atoms with E-state index in [1.165, 1.54) is 0 Å². The first kappa shape index (κ1) is 15.0. The first-order valence-corrected chi connectivity index (χ1v) is 6.66. The Balaban J connectivity index is 2.44. The van der Waals surface area contributed by atoms with E-state index in [-0.39, 0.29) is 0 Å². The molecule has 5 heteroatoms. The predicted molar refractivity (Wildman–Crippen MR) is 83.7 cm³/mol. The lowest BCUT2D eigenvalue weighted by atomic mass is 10.1. The number of methoxy groups -OCH3 is 2. The van der Waals surface area contributed by atoms with Gasteiger partial charge in [-0.25, -0.2) is 0 Å². The first-order chi connectivity index (χ1) is 10.1. The van der Waals surface area contributed by atoms with Crippen molar-refractivity contribution in [3.8, 4) is 17.6 Å². The highest BCUT2D eigenvalue weighted by Gasteiger charge is 2.11. The van der Waals surface area contributed by atoms with Crippen LogP contribution in [0.3, 0.4) is 0 Å². The van der Waals surface area contributed by atoms with E-state index in [2.05, 4.69) is 11.4 Å². The van der Waals surface area contributed by atoms with Gasteiger partial charge in [0.05, 0.1) is 36.2 Å². The van der Waals surface area contributed by atoms with Crippen molar-refractivity contribution in [3.63, 3.8) is 0 Å². The number of nitrogens with one attached hydrogen (secondary N) is 1. The maximum atomic E-state index is 9.22. The molecule has 2 aromatic carbocycles. The van der Waals surface area contributed by atoms with Gasteiger partial charge < -0.3 is 14.8 Å². The highest BCUT2D eigenvalue weighted by molar-refractivity contribution is 6.32. The summed E-state index contributed by atoms with van der Waals surface area (Å²) in [4.78, 5) is 0. The van der Waals surface area contributed by atoms with Gasteiger partial charge >= 0.3 is 0 Å². The van der Waals surface area contributed by atoms with Gasteiger partial charge in [0, 0.05) is 6.07 Å². The zero-order valence-electron chi connectivity index (χ0n) is 12.0. The van der Waals surface area contributed by atoms with Gasteiger partial charge in [0.2, 0.25) is 0 Å². The molecular weight excluding hydrogens is 288 g/mol. The van der Waals surface area contributed by atoms with E-state index in [1.54, 1.807) is 26.4 Å². The van der Waals surface area contributed by atoms with Gasteiger partial charge in [0.15, 0.2) is 0 Å². The average Bonchev–Trinajstić information content (AvgIpc) is 2.49. The summed E-state index contributed by atoms with van der Waals surface area (Å²) in [6.07, 6.45) is 0. The lowest BCUT2D eigenvalue weighted by molar-refractivity contribution is 0.396. The molecule has 2 aromatic rings. The third-order valence-corrected chi connectivity index (χ3v) is 3.33. The minimum Gasteiger partial charge on any atom is -0.495 e. The van der Waals surface area contributed by atoms with Crippen LogP contribution in [0.4, 0.5) is 11.4 Å². The predicted octanol–water partition coefficient (Wildman–Crippen LogP) is 4.28. The summed E-state index contributed by atoms with van der Waals surface area (Å²) in [6, 6.07) is 11.2. The van der Waals surface area contributed by atoms with Crippen LogP contribution in [0.1, 0.15) is 11.1 Å². The van der Waals surface area contributed by atoms with Gasteiger partial charge in [0.1, 0.15) is 17.6 Å². The Hall–Kier alpha value is -2.38. The third-order valence-electron chi connectivity index (χ3n) is 3.04. The van der Waals surface area contributed by atoms with Gasteiger partial charge in [-0.15, -0.1) is 0 Å². The van der Waals surface area contributed by atoms with Gasteiger partial charge in [-0.05, 0) is 30.7 Å². The number of hydrogen-bond acceptors (Lipinski definition) is 4. The quantitative estimate of drug-likeness (QED) is 0.916. The van der Waals surface area contributed by atoms with E-state index in [0.29, 0.717) is 33.5 Å². The molecule has 0 unspecified atom stereocenters. The Morgan fingerprint density at radius 1 is 1.05 bits per heavy atom. The summed E-state index contributed by atoms with van der Waals surface area (Å²) in [5.74, 6) is 1.11. The van der Waals surface area contributed by atoms with Gasteiger partial charge in [0.25, 0.3) is 0 Å². The van der Waals surface area contributed by atoms with Crippen molar-refractivity contribution >= 4 is 23.0 Å². The zero-order valence-corrected chi connectivity index (χ0v) is 12.8. The second kappa shape index (κ2) is 6.38. The number of aryl methyl sites for hydroxylation is 1. The lowest BCUT2D eigenvalue weighted by Gasteiger charge is -2.15. The number of halogens is 1. The molecule has 4 nitrogen and oxygen atoms in total. The molecule has 0 aliphatic heterocycles. The fraction of sp³-hybridized carbons (Fsp3) is 0.188. The topological polar surface area (TPSA) is 54.3 Å². The fourth-order valence-corrected chi connectivity index (χ4v) is 2.20. The van der Waals surface area contributed by atoms with Crippen molar-refractivity contribution in [2.45, 2.75) is 6.92 Å². The number of benzene rings is 2. The molecule has 0 aromatic heterocycles. The van der Waals surface area contributed by atoms with Crippen molar-refractivity contribution in [1.29, 1.82) is 5.26 Å². The van der Waals surface area contributed by atoms with Crippen LogP contribution in [-0.2, 0) is 0 Å². The first-order valence-electron chi connectivity index (χ1n) is 6.28. The largest absolute Gasteiger partial charge is 0.495 e. The number of hydrogen-bond donors (Lipinski definition) is 1. The van der Waals surface area contributed by atoms with Crippen LogP contribution in [0.15, 0.2) is 30.3 Å². The fourth-order valence-electron chi connectivity index (χ4n) is 1.96. The highest BCUT2D eigenvalue weighted by atomic mass is 35.5. The molecule has 21 heavy (non-hydrogen) atoms. The number of rotatable bonds is 4. The molecule has 0 heterocycles. The molecule has 0 fully saturated rings. The molecule has 0 aliphatic carbocycles.